The van der Waals surface area contributed by atoms with Gasteiger partial charge in [-0.2, -0.15) is 0 Å². The van der Waals surface area contributed by atoms with E-state index in [1.807, 2.05) is 19.1 Å². The molecule has 2 N–H and O–H groups in total. The average molecular weight is 384 g/mol. The van der Waals surface area contributed by atoms with Crippen molar-refractivity contribution in [3.05, 3.63) is 52.2 Å². The number of nitrogens with zero attached hydrogens (tertiary/aromatic N) is 2. The third kappa shape index (κ3) is 3.90. The maximum absolute atomic E-state index is 12.1. The van der Waals surface area contributed by atoms with Crippen molar-refractivity contribution < 1.29 is 14.3 Å². The first-order chi connectivity index (χ1) is 13.0. The number of amides is 1. The van der Waals surface area contributed by atoms with E-state index in [9.17, 15) is 9.59 Å². The van der Waals surface area contributed by atoms with Gasteiger partial charge in [-0.1, -0.05) is 12.1 Å². The van der Waals surface area contributed by atoms with E-state index in [0.29, 0.717) is 29.4 Å². The Kier molecular flexibility index (Phi) is 5.66. The van der Waals surface area contributed by atoms with Gasteiger partial charge in [0.2, 0.25) is 0 Å². The maximum Gasteiger partial charge on any atom is 0.348 e. The van der Waals surface area contributed by atoms with Gasteiger partial charge in [-0.25, -0.2) is 14.8 Å². The summed E-state index contributed by atoms with van der Waals surface area (Å²) in [5.41, 5.74) is 2.43. The van der Waals surface area contributed by atoms with Gasteiger partial charge < -0.3 is 15.4 Å². The van der Waals surface area contributed by atoms with Crippen LogP contribution in [0.25, 0.3) is 10.2 Å². The van der Waals surface area contributed by atoms with Gasteiger partial charge in [-0.3, -0.25) is 4.79 Å². The lowest BCUT2D eigenvalue weighted by Crippen LogP contribution is -2.17. The molecule has 2 heterocycles. The molecule has 0 radical (unpaired) electrons. The topological polar surface area (TPSA) is 93.2 Å². The van der Waals surface area contributed by atoms with Crippen LogP contribution >= 0.6 is 11.3 Å². The normalized spacial score (nSPS) is 10.6. The number of aromatic nitrogens is 2. The van der Waals surface area contributed by atoms with Crippen LogP contribution in [0.15, 0.2) is 30.6 Å². The van der Waals surface area contributed by atoms with Crippen molar-refractivity contribution >= 4 is 39.2 Å². The molecule has 1 amide bonds. The lowest BCUT2D eigenvalue weighted by molar-refractivity contribution is 0.0531. The molecule has 3 aromatic rings. The van der Waals surface area contributed by atoms with E-state index in [0.717, 1.165) is 21.3 Å². The number of carbonyl (C=O) groups is 2. The van der Waals surface area contributed by atoms with Crippen LogP contribution in [0.2, 0.25) is 0 Å². The highest BCUT2D eigenvalue weighted by atomic mass is 32.1. The van der Waals surface area contributed by atoms with Crippen LogP contribution in [0, 0.1) is 6.92 Å². The number of ether oxygens (including phenoxy) is 1. The molecule has 0 spiro atoms. The van der Waals surface area contributed by atoms with E-state index in [1.165, 1.54) is 17.7 Å². The Bertz CT molecular complexity index is 983. The van der Waals surface area contributed by atoms with Crippen LogP contribution in [0.1, 0.15) is 38.1 Å². The van der Waals surface area contributed by atoms with Crippen LogP contribution in [-0.2, 0) is 11.3 Å². The summed E-state index contributed by atoms with van der Waals surface area (Å²) < 4.78 is 5.12. The van der Waals surface area contributed by atoms with E-state index in [4.69, 9.17) is 4.74 Å². The van der Waals surface area contributed by atoms with Gasteiger partial charge in [0.25, 0.3) is 5.91 Å². The zero-order chi connectivity index (χ0) is 19.4. The molecule has 0 saturated heterocycles. The molecule has 27 heavy (non-hydrogen) atoms. The second-order valence-corrected chi connectivity index (χ2v) is 6.81. The summed E-state index contributed by atoms with van der Waals surface area (Å²) in [4.78, 5) is 33.6. The summed E-state index contributed by atoms with van der Waals surface area (Å²) in [5.74, 6) is 0.209. The Morgan fingerprint density at radius 1 is 1.19 bits per heavy atom. The molecule has 2 aromatic heterocycles. The number of anilines is 1. The molecular weight excluding hydrogens is 364 g/mol. The molecule has 140 valence electrons. The molecule has 0 aliphatic carbocycles. The highest BCUT2D eigenvalue weighted by Gasteiger charge is 2.20. The predicted octanol–water partition coefficient (Wildman–Crippen LogP) is 3.15. The Balaban J connectivity index is 1.83. The zero-order valence-electron chi connectivity index (χ0n) is 15.3. The quantitative estimate of drug-likeness (QED) is 0.634. The minimum Gasteiger partial charge on any atom is -0.462 e. The van der Waals surface area contributed by atoms with Crippen LogP contribution in [0.5, 0.6) is 0 Å². The summed E-state index contributed by atoms with van der Waals surface area (Å²) in [6.45, 7) is 4.51. The highest BCUT2D eigenvalue weighted by molar-refractivity contribution is 7.20. The molecule has 8 heteroatoms. The Morgan fingerprint density at radius 3 is 2.59 bits per heavy atom. The average Bonchev–Trinajstić information content (AvgIpc) is 3.04. The lowest BCUT2D eigenvalue weighted by atomic mass is 10.1. The molecule has 0 unspecified atom stereocenters. The van der Waals surface area contributed by atoms with E-state index >= 15 is 0 Å². The number of thiophene rings is 1. The highest BCUT2D eigenvalue weighted by Crippen LogP contribution is 2.33. The molecule has 1 aromatic carbocycles. The molecule has 0 saturated carbocycles. The number of nitrogens with one attached hydrogen (secondary N) is 2. The van der Waals surface area contributed by atoms with Crippen molar-refractivity contribution in [2.24, 2.45) is 0 Å². The number of benzene rings is 1. The third-order valence-electron chi connectivity index (χ3n) is 4.09. The molecule has 0 aliphatic heterocycles. The summed E-state index contributed by atoms with van der Waals surface area (Å²) in [6, 6.07) is 7.33. The Labute approximate surface area is 160 Å². The smallest absolute Gasteiger partial charge is 0.348 e. The minimum absolute atomic E-state index is 0.118. The van der Waals surface area contributed by atoms with E-state index in [2.05, 4.69) is 20.6 Å². The molecular formula is C19H20N4O3S. The van der Waals surface area contributed by atoms with E-state index in [-0.39, 0.29) is 11.9 Å². The van der Waals surface area contributed by atoms with Crippen molar-refractivity contribution in [2.45, 2.75) is 20.4 Å². The van der Waals surface area contributed by atoms with Gasteiger partial charge in [0, 0.05) is 19.2 Å². The number of carbonyl (C=O) groups excluding carboxylic acids is 2. The number of hydrogen-bond acceptors (Lipinski definition) is 7. The molecule has 0 bridgehead atoms. The summed E-state index contributed by atoms with van der Waals surface area (Å²) >= 11 is 1.31. The predicted molar refractivity (Wildman–Crippen MR) is 105 cm³/mol. The van der Waals surface area contributed by atoms with Gasteiger partial charge in [-0.05, 0) is 37.1 Å². The number of esters is 1. The monoisotopic (exact) mass is 384 g/mol. The molecule has 0 fully saturated rings. The SMILES string of the molecule is CCOC(=O)c1sc2ncnc(NCc3ccc(C(=O)NC)cc3)c2c1C. The van der Waals surface area contributed by atoms with Gasteiger partial charge in [0.15, 0.2) is 0 Å². The van der Waals surface area contributed by atoms with Crippen molar-refractivity contribution in [3.63, 3.8) is 0 Å². The largest absolute Gasteiger partial charge is 0.462 e. The summed E-state index contributed by atoms with van der Waals surface area (Å²) in [5, 5.41) is 6.72. The summed E-state index contributed by atoms with van der Waals surface area (Å²) in [7, 11) is 1.60. The zero-order valence-corrected chi connectivity index (χ0v) is 16.1. The van der Waals surface area contributed by atoms with Crippen LogP contribution in [0.4, 0.5) is 5.82 Å². The molecule has 3 rings (SSSR count). The molecule has 7 nitrogen and oxygen atoms in total. The van der Waals surface area contributed by atoms with E-state index < -0.39 is 0 Å². The van der Waals surface area contributed by atoms with Gasteiger partial charge >= 0.3 is 5.97 Å². The standard InChI is InChI=1S/C19H20N4O3S/c1-4-26-19(25)15-11(2)14-16(22-10-23-18(14)27-15)21-9-12-5-7-13(8-6-12)17(24)20-3/h5-8,10H,4,9H2,1-3H3,(H,20,24)(H,21,22,23). The first kappa shape index (κ1) is 18.8. The number of aryl methyl sites for hydroxylation is 1. The second kappa shape index (κ2) is 8.13. The summed E-state index contributed by atoms with van der Waals surface area (Å²) in [6.07, 6.45) is 1.48. The Hall–Kier alpha value is -3.00. The number of rotatable bonds is 6. The fourth-order valence-corrected chi connectivity index (χ4v) is 3.74. The second-order valence-electron chi connectivity index (χ2n) is 5.81. The van der Waals surface area contributed by atoms with Gasteiger partial charge in [0.05, 0.1) is 12.0 Å². The van der Waals surface area contributed by atoms with Crippen molar-refractivity contribution in [1.82, 2.24) is 15.3 Å². The maximum atomic E-state index is 12.1. The van der Waals surface area contributed by atoms with Crippen molar-refractivity contribution in [2.75, 3.05) is 19.0 Å². The molecule has 0 aliphatic rings. The fraction of sp³-hybridized carbons (Fsp3) is 0.263. The Morgan fingerprint density at radius 2 is 1.93 bits per heavy atom. The first-order valence-corrected chi connectivity index (χ1v) is 9.32. The van der Waals surface area contributed by atoms with Crippen molar-refractivity contribution in [3.8, 4) is 0 Å². The van der Waals surface area contributed by atoms with E-state index in [1.54, 1.807) is 26.1 Å². The lowest BCUT2D eigenvalue weighted by Gasteiger charge is -2.08. The van der Waals surface area contributed by atoms with Crippen LogP contribution < -0.4 is 10.6 Å². The first-order valence-electron chi connectivity index (χ1n) is 8.51. The molecule has 0 atom stereocenters. The minimum atomic E-state index is -0.339. The van der Waals surface area contributed by atoms with Crippen LogP contribution in [-0.4, -0.2) is 35.5 Å². The number of fused-ring (bicyclic) bond motifs is 1. The van der Waals surface area contributed by atoms with Crippen LogP contribution in [0.3, 0.4) is 0 Å². The van der Waals surface area contributed by atoms with Crippen molar-refractivity contribution in [1.29, 1.82) is 0 Å². The third-order valence-corrected chi connectivity index (χ3v) is 5.27. The van der Waals surface area contributed by atoms with Gasteiger partial charge in [0.1, 0.15) is 21.9 Å². The fourth-order valence-electron chi connectivity index (χ4n) is 2.70. The van der Waals surface area contributed by atoms with Gasteiger partial charge in [-0.15, -0.1) is 11.3 Å². The number of hydrogen-bond donors (Lipinski definition) is 2.